The summed E-state index contributed by atoms with van der Waals surface area (Å²) in [4.78, 5) is 95.6. The Labute approximate surface area is 845 Å². The molecule has 37 heteroatoms. The summed E-state index contributed by atoms with van der Waals surface area (Å²) in [6.07, 6.45) is 0.511. The van der Waals surface area contributed by atoms with Crippen molar-refractivity contribution in [2.75, 3.05) is 122 Å². The highest BCUT2D eigenvalue weighted by Gasteiger charge is 2.37. The number of amides is 3. The summed E-state index contributed by atoms with van der Waals surface area (Å²) in [5.74, 6) is 5.26. The van der Waals surface area contributed by atoms with Crippen LogP contribution in [0.4, 0.5) is 21.9 Å². The topological polar surface area (TPSA) is 445 Å². The van der Waals surface area contributed by atoms with Crippen LogP contribution in [-0.4, -0.2) is 182 Å². The second kappa shape index (κ2) is 56.9. The van der Waals surface area contributed by atoms with Crippen molar-refractivity contribution in [3.63, 3.8) is 0 Å². The third kappa shape index (κ3) is 34.4. The molecule has 1 aliphatic heterocycles. The van der Waals surface area contributed by atoms with Gasteiger partial charge in [-0.25, -0.2) is 28.7 Å². The van der Waals surface area contributed by atoms with E-state index < -0.39 is 49.8 Å². The third-order valence-corrected chi connectivity index (χ3v) is 20.7. The fraction of sp³-hybridized carbons (Fsp3) is 0.212. The normalized spacial score (nSPS) is 10.7. The van der Waals surface area contributed by atoms with Crippen LogP contribution in [0, 0.1) is 3.57 Å². The van der Waals surface area contributed by atoms with E-state index in [-0.39, 0.29) is 11.5 Å². The van der Waals surface area contributed by atoms with Gasteiger partial charge in [0.1, 0.15) is 74.6 Å². The van der Waals surface area contributed by atoms with Crippen molar-refractivity contribution >= 4 is 188 Å². The number of carbonyl (C=O) groups excluding carboxylic acids is 6. The number of aromatic nitrogens is 3. The predicted octanol–water partition coefficient (Wildman–Crippen LogP) is 18.0. The Morgan fingerprint density at radius 1 is 0.440 bits per heavy atom. The van der Waals surface area contributed by atoms with E-state index in [1.807, 2.05) is 118 Å². The number of pyridine rings is 3. The minimum Gasteiger partial charge on any atom is -0.550 e. The van der Waals surface area contributed by atoms with Crippen molar-refractivity contribution in [3.05, 3.63) is 286 Å². The Morgan fingerprint density at radius 3 is 1.02 bits per heavy atom. The Hall–Kier alpha value is -14.8. The zero-order chi connectivity index (χ0) is 104. The number of carbonyl (C=O) groups is 7. The van der Waals surface area contributed by atoms with Gasteiger partial charge in [0, 0.05) is 87.7 Å². The predicted molar refractivity (Wildman–Crippen MR) is 557 cm³/mol. The second-order valence-electron chi connectivity index (χ2n) is 30.2. The summed E-state index contributed by atoms with van der Waals surface area (Å²) < 4.78 is 76.9. The van der Waals surface area contributed by atoms with Gasteiger partial charge in [-0.1, -0.05) is 24.3 Å². The van der Waals surface area contributed by atoms with E-state index in [0.717, 1.165) is 63.8 Å². The number of carboxylic acids is 2. The maximum absolute atomic E-state index is 12.8. The molecule has 0 radical (unpaired) electrons. The fourth-order valence-electron chi connectivity index (χ4n) is 13.2. The Balaban J connectivity index is 0.000000220. The van der Waals surface area contributed by atoms with Crippen LogP contribution in [0.1, 0.15) is 80.3 Å². The van der Waals surface area contributed by atoms with E-state index in [0.29, 0.717) is 144 Å². The lowest BCUT2D eigenvalue weighted by atomic mass is 10.0. The minimum absolute atomic E-state index is 0.155. The molecule has 0 saturated carbocycles. The molecule has 742 valence electrons. The van der Waals surface area contributed by atoms with E-state index in [1.54, 1.807) is 206 Å². The van der Waals surface area contributed by atoms with Crippen LogP contribution < -0.4 is 94.7 Å². The number of rotatable bonds is 22. The lowest BCUT2D eigenvalue weighted by Gasteiger charge is -2.19. The van der Waals surface area contributed by atoms with Crippen molar-refractivity contribution < 1.29 is 115 Å². The summed E-state index contributed by atoms with van der Waals surface area (Å²) >= 11 is 8.06. The number of hydrogen-bond acceptors (Lipinski definition) is 27. The van der Waals surface area contributed by atoms with Crippen molar-refractivity contribution in [3.8, 4) is 69.0 Å². The molecule has 0 fully saturated rings. The number of benzene rings is 12. The van der Waals surface area contributed by atoms with Crippen molar-refractivity contribution in [2.45, 2.75) is 39.7 Å². The zero-order valence-electron chi connectivity index (χ0n) is 80.2. The SMILES string of the molecule is CC(=O)[O-].CC(C)(C)OC(=O)NCCN.COc1ccc(Cc2ccc(OC)cc2)cc1.COc1ccc(I)cc1.COc1ccc(N)cc1.COc1ccc(N2C(=O)C(=O)c3cc(OC)ccc32)cc1.COc1ccc2nc3ccc(OC)cc3c(C(=O)Cl)c2c1.COc1ccc2nc3ccc(OC)cc3c(C(=O)NCC[NH3+])c2c1.COc1ccc2nc3ccc(OC)cc3c(C(=O)O)c2c1.O=S(Cl)Cl. The number of ether oxygens (including phenoxy) is 13. The molecule has 10 N–H and O–H groups in total. The van der Waals surface area contributed by atoms with Gasteiger partial charge in [-0.15, -0.1) is 0 Å². The van der Waals surface area contributed by atoms with Crippen LogP contribution in [0.5, 0.6) is 69.0 Å². The standard InChI is InChI=1S/C18H19N3O3.C16H12ClNO3.2C16H13NO4.C15H16O2.C7H7IO.C7H16N2O2.C7H9NO.C2H4O2.Cl2OS/c1-23-11-3-5-15-13(9-11)17(18(22)20-8-7-19)14-10-12(24-2)4-6-16(14)21-15;1-20-9-3-5-13-11(7-9)15(16(17)19)12-8-10(21-2)4-6-14(12)18-13;1-20-9-3-5-13-11(7-9)15(16(18)19)12-8-10(21-2)4-6-14(12)17-13;1-20-11-5-3-10(4-6-11)17-14-8-7-12(21-2)9-13(14)15(18)16(17)19;1-16-14-7-3-12(4-8-14)11-13-5-9-15(17-2)10-6-13;1-9-7-4-2-6(8)3-5-7;1-7(2,3)11-6(10)9-5-4-8;1-9-7-4-2-6(8)3-5-7;1-2(3)4;1-4(2)3/h3-6,9-10H,7-8,19H2,1-2H3,(H,20,22);3-8H,1-2H3;3-8H,1-2H3,(H,18,19);3-9H,1-2H3;3-10H,11H2,1-2H3;2-5H,1H3;4-5,8H2,1-3H3,(H,9,10);2-5H,8H2,1H3;1H3,(H,3,4);. The van der Waals surface area contributed by atoms with Gasteiger partial charge in [0.25, 0.3) is 16.9 Å². The van der Waals surface area contributed by atoms with Gasteiger partial charge >= 0.3 is 18.0 Å². The van der Waals surface area contributed by atoms with E-state index in [4.69, 9.17) is 98.8 Å². The summed E-state index contributed by atoms with van der Waals surface area (Å²) in [6.45, 7) is 8.44. The molecule has 0 bridgehead atoms. The smallest absolute Gasteiger partial charge is 0.407 e. The highest BCUT2D eigenvalue weighted by atomic mass is 127. The monoisotopic (exact) mass is 2120 g/mol. The first-order valence-electron chi connectivity index (χ1n) is 42.6. The molecule has 12 aromatic carbocycles. The molecule has 3 amide bonds. The molecule has 0 saturated heterocycles. The van der Waals surface area contributed by atoms with Crippen molar-refractivity contribution in [1.29, 1.82) is 0 Å². The average molecular weight is 2120 g/mol. The van der Waals surface area contributed by atoms with Gasteiger partial charge in [-0.3, -0.25) is 24.1 Å². The number of nitrogen functional groups attached to an aromatic ring is 1. The third-order valence-electron chi connectivity index (χ3n) is 19.8. The van der Waals surface area contributed by atoms with E-state index in [2.05, 4.69) is 99.5 Å². The van der Waals surface area contributed by atoms with Crippen LogP contribution in [0.3, 0.4) is 0 Å². The average Bonchev–Trinajstić information content (AvgIpc) is 1.73. The number of fused-ring (bicyclic) bond motifs is 7. The van der Waals surface area contributed by atoms with Gasteiger partial charge in [-0.2, -0.15) is 0 Å². The molecule has 15 aromatic rings. The lowest BCUT2D eigenvalue weighted by molar-refractivity contribution is -0.364. The molecular weight excluding hydrogens is 2010 g/mol. The van der Waals surface area contributed by atoms with E-state index >= 15 is 0 Å². The van der Waals surface area contributed by atoms with Gasteiger partial charge < -0.3 is 104 Å². The number of aliphatic carboxylic acids is 1. The fourth-order valence-corrected chi connectivity index (χ4v) is 13.7. The zero-order valence-corrected chi connectivity index (χ0v) is 85.4. The number of halogens is 4. The van der Waals surface area contributed by atoms with Gasteiger partial charge in [0.2, 0.25) is 9.23 Å². The largest absolute Gasteiger partial charge is 0.550 e. The summed E-state index contributed by atoms with van der Waals surface area (Å²) in [7, 11) is 26.5. The molecule has 32 nitrogen and oxygen atoms in total. The lowest BCUT2D eigenvalue weighted by Crippen LogP contribution is -2.54. The minimum atomic E-state index is -1.67. The molecule has 0 spiro atoms. The summed E-state index contributed by atoms with van der Waals surface area (Å²) in [5, 5.41) is 27.3. The number of ketones is 1. The number of nitrogens with zero attached hydrogens (tertiary/aromatic N) is 4. The van der Waals surface area contributed by atoms with Gasteiger partial charge in [-0.05, 0) is 304 Å². The number of nitrogens with one attached hydrogen (secondary N) is 2. The quantitative estimate of drug-likeness (QED) is 0.0121. The Morgan fingerprint density at radius 2 is 0.723 bits per heavy atom. The van der Waals surface area contributed by atoms with E-state index in [9.17, 15) is 33.9 Å². The highest BCUT2D eigenvalue weighted by molar-refractivity contribution is 14.1. The molecule has 141 heavy (non-hydrogen) atoms. The summed E-state index contributed by atoms with van der Waals surface area (Å²) in [5.41, 5.74) is 24.1. The van der Waals surface area contributed by atoms with Crippen LogP contribution in [-0.2, 0) is 30.0 Å². The number of methoxy groups -OCH3 is 12. The number of carboxylic acid groups (broad SMARTS) is 2. The number of quaternary nitrogens is 1. The van der Waals surface area contributed by atoms with Gasteiger partial charge in [0.15, 0.2) is 0 Å². The first kappa shape index (κ1) is 113. The first-order chi connectivity index (χ1) is 67.5. The van der Waals surface area contributed by atoms with Gasteiger partial charge in [0.05, 0.1) is 159 Å². The molecule has 0 aliphatic carbocycles. The molecule has 16 rings (SSSR count). The number of aromatic carboxylic acids is 1. The molecule has 1 aliphatic rings. The van der Waals surface area contributed by atoms with Crippen molar-refractivity contribution in [1.82, 2.24) is 25.6 Å². The molecular formula is C104H109Cl3IN9O23S. The molecule has 0 unspecified atom stereocenters. The number of nitrogens with two attached hydrogens (primary N) is 2. The van der Waals surface area contributed by atoms with Crippen LogP contribution in [0.2, 0.25) is 0 Å². The molecule has 0 atom stereocenters. The van der Waals surface area contributed by atoms with Crippen molar-refractivity contribution in [2.24, 2.45) is 5.73 Å². The number of Topliss-reactive ketones (excluding diaryl/α,β-unsaturated/α-hetero) is 1. The van der Waals surface area contributed by atoms with Crippen LogP contribution >= 0.6 is 55.6 Å². The summed E-state index contributed by atoms with van der Waals surface area (Å²) in [6, 6.07) is 75.6. The van der Waals surface area contributed by atoms with Crippen LogP contribution in [0.25, 0.3) is 65.4 Å². The number of anilines is 3. The number of alkyl carbamates (subject to hydrolysis) is 1. The Bertz CT molecular complexity index is 6340. The maximum Gasteiger partial charge on any atom is 0.407 e. The molecule has 4 heterocycles. The maximum atomic E-state index is 12.8. The highest BCUT2D eigenvalue weighted by Crippen LogP contribution is 2.40. The van der Waals surface area contributed by atoms with E-state index in [1.165, 1.54) is 26.7 Å². The molecule has 3 aromatic heterocycles. The second-order valence-corrected chi connectivity index (χ2v) is 34.3. The number of hydrogen-bond donors (Lipinski definition) is 6. The first-order valence-corrected chi connectivity index (χ1v) is 46.9. The van der Waals surface area contributed by atoms with Crippen LogP contribution in [0.15, 0.2) is 249 Å². The Kier molecular flexibility index (Phi) is 45.7.